The van der Waals surface area contributed by atoms with E-state index < -0.39 is 23.1 Å². The average molecular weight is 474 g/mol. The highest BCUT2D eigenvalue weighted by molar-refractivity contribution is 7.17. The Labute approximate surface area is 191 Å². The van der Waals surface area contributed by atoms with E-state index in [4.69, 9.17) is 4.74 Å². The molecule has 0 aliphatic carbocycles. The van der Waals surface area contributed by atoms with E-state index in [-0.39, 0.29) is 29.2 Å². The number of nitrogens with zero attached hydrogens (tertiary/aromatic N) is 5. The number of amides is 2. The first-order chi connectivity index (χ1) is 15.6. The Bertz CT molecular complexity index is 1430. The van der Waals surface area contributed by atoms with Crippen molar-refractivity contribution < 1.29 is 19.1 Å². The number of hydrogen-bond donors (Lipinski definition) is 1. The van der Waals surface area contributed by atoms with Gasteiger partial charge in [0.1, 0.15) is 11.5 Å². The van der Waals surface area contributed by atoms with E-state index in [2.05, 4.69) is 10.3 Å². The molecule has 4 rings (SSSR count). The molecule has 0 saturated carbocycles. The number of carbonyl (C=O) groups is 3. The minimum atomic E-state index is -0.573. The van der Waals surface area contributed by atoms with Crippen molar-refractivity contribution in [2.24, 2.45) is 14.1 Å². The summed E-state index contributed by atoms with van der Waals surface area (Å²) in [5.74, 6) is -1.13. The van der Waals surface area contributed by atoms with Gasteiger partial charge in [0.2, 0.25) is 11.8 Å². The highest BCUT2D eigenvalue weighted by atomic mass is 32.1. The number of thiophene rings is 1. The lowest BCUT2D eigenvalue weighted by molar-refractivity contribution is -0.129. The molecule has 174 valence electrons. The molecule has 33 heavy (non-hydrogen) atoms. The number of rotatable bonds is 4. The second kappa shape index (κ2) is 8.31. The molecule has 1 N–H and O–H groups in total. The summed E-state index contributed by atoms with van der Waals surface area (Å²) in [6.45, 7) is 2.05. The molecule has 0 spiro atoms. The van der Waals surface area contributed by atoms with Crippen LogP contribution in [0, 0.1) is 0 Å². The van der Waals surface area contributed by atoms with E-state index in [9.17, 15) is 24.0 Å². The number of esters is 1. The smallest absolute Gasteiger partial charge is 0.341 e. The van der Waals surface area contributed by atoms with Gasteiger partial charge in [-0.25, -0.2) is 14.6 Å². The van der Waals surface area contributed by atoms with Crippen molar-refractivity contribution in [2.45, 2.75) is 26.4 Å². The molecule has 3 aromatic rings. The maximum atomic E-state index is 12.9. The zero-order chi connectivity index (χ0) is 24.0. The van der Waals surface area contributed by atoms with E-state index in [1.54, 1.807) is 4.90 Å². The summed E-state index contributed by atoms with van der Waals surface area (Å²) in [6, 6.07) is 0. The number of imidazole rings is 1. The SMILES string of the molecule is COC(=O)c1c(NC(=O)Cn2cnc3c2c(=O)n(C)c(=O)n3C)sc2c1CCN(C(C)=O)C2. The lowest BCUT2D eigenvalue weighted by atomic mass is 10.0. The van der Waals surface area contributed by atoms with Crippen LogP contribution in [0.3, 0.4) is 0 Å². The fraction of sp³-hybridized carbons (Fsp3) is 0.400. The summed E-state index contributed by atoms with van der Waals surface area (Å²) in [7, 11) is 4.11. The third-order valence-electron chi connectivity index (χ3n) is 5.68. The van der Waals surface area contributed by atoms with E-state index in [0.717, 1.165) is 15.0 Å². The van der Waals surface area contributed by atoms with Crippen LogP contribution in [0.5, 0.6) is 0 Å². The maximum absolute atomic E-state index is 12.9. The van der Waals surface area contributed by atoms with Crippen LogP contribution in [0.4, 0.5) is 5.00 Å². The van der Waals surface area contributed by atoms with Gasteiger partial charge in [0, 0.05) is 32.4 Å². The van der Waals surface area contributed by atoms with Crippen LogP contribution in [0.1, 0.15) is 27.7 Å². The van der Waals surface area contributed by atoms with E-state index in [1.807, 2.05) is 0 Å². The lowest BCUT2D eigenvalue weighted by Crippen LogP contribution is -2.37. The Hall–Kier alpha value is -3.74. The topological polar surface area (TPSA) is 138 Å². The number of hydrogen-bond acceptors (Lipinski definition) is 8. The predicted molar refractivity (Wildman–Crippen MR) is 119 cm³/mol. The summed E-state index contributed by atoms with van der Waals surface area (Å²) < 4.78 is 8.45. The van der Waals surface area contributed by atoms with Gasteiger partial charge in [0.05, 0.1) is 25.5 Å². The molecular formula is C20H22N6O6S. The van der Waals surface area contributed by atoms with E-state index in [1.165, 1.54) is 54.9 Å². The molecule has 0 radical (unpaired) electrons. The molecule has 0 bridgehead atoms. The molecule has 0 aromatic carbocycles. The number of aromatic nitrogens is 4. The minimum Gasteiger partial charge on any atom is -0.465 e. The predicted octanol–water partition coefficient (Wildman–Crippen LogP) is -0.175. The van der Waals surface area contributed by atoms with Crippen molar-refractivity contribution in [3.05, 3.63) is 43.2 Å². The standard InChI is InChI=1S/C20H22N6O6S/c1-10(27)25-6-5-11-12(7-25)33-17(14(11)19(30)32-4)22-13(28)8-26-9-21-16-15(26)18(29)24(3)20(31)23(16)2/h9H,5-8H2,1-4H3,(H,22,28). The van der Waals surface area contributed by atoms with Gasteiger partial charge in [-0.2, -0.15) is 0 Å². The van der Waals surface area contributed by atoms with Crippen molar-refractivity contribution >= 4 is 45.3 Å². The molecule has 12 nitrogen and oxygen atoms in total. The van der Waals surface area contributed by atoms with Gasteiger partial charge >= 0.3 is 11.7 Å². The van der Waals surface area contributed by atoms with Crippen molar-refractivity contribution in [3.8, 4) is 0 Å². The minimum absolute atomic E-state index is 0.0674. The van der Waals surface area contributed by atoms with Gasteiger partial charge in [-0.3, -0.25) is 23.5 Å². The summed E-state index contributed by atoms with van der Waals surface area (Å²) >= 11 is 1.22. The zero-order valence-corrected chi connectivity index (χ0v) is 19.3. The quantitative estimate of drug-likeness (QED) is 0.518. The van der Waals surface area contributed by atoms with Crippen molar-refractivity contribution in [1.82, 2.24) is 23.6 Å². The molecule has 0 fully saturated rings. The van der Waals surface area contributed by atoms with E-state index >= 15 is 0 Å². The summed E-state index contributed by atoms with van der Waals surface area (Å²) in [5, 5.41) is 3.07. The molecular weight excluding hydrogens is 452 g/mol. The van der Waals surface area contributed by atoms with Crippen LogP contribution in [0.15, 0.2) is 15.9 Å². The summed E-state index contributed by atoms with van der Waals surface area (Å²) in [5.41, 5.74) is 0.241. The molecule has 0 atom stereocenters. The molecule has 4 heterocycles. The second-order valence-electron chi connectivity index (χ2n) is 7.69. The van der Waals surface area contributed by atoms with Gasteiger partial charge in [-0.15, -0.1) is 11.3 Å². The Morgan fingerprint density at radius 3 is 2.61 bits per heavy atom. The Balaban J connectivity index is 1.66. The number of nitrogens with one attached hydrogen (secondary N) is 1. The molecule has 2 amide bonds. The van der Waals surface area contributed by atoms with Crippen LogP contribution in [0.25, 0.3) is 11.2 Å². The highest BCUT2D eigenvalue weighted by Gasteiger charge is 2.30. The van der Waals surface area contributed by atoms with Crippen LogP contribution in [-0.4, -0.2) is 55.0 Å². The fourth-order valence-corrected chi connectivity index (χ4v) is 5.18. The number of aryl methyl sites for hydroxylation is 1. The fourth-order valence-electron chi connectivity index (χ4n) is 3.92. The van der Waals surface area contributed by atoms with Crippen molar-refractivity contribution in [1.29, 1.82) is 0 Å². The highest BCUT2D eigenvalue weighted by Crippen LogP contribution is 2.37. The number of carbonyl (C=O) groups excluding carboxylic acids is 3. The molecule has 1 aliphatic heterocycles. The Morgan fingerprint density at radius 1 is 1.21 bits per heavy atom. The number of ether oxygens (including phenoxy) is 1. The average Bonchev–Trinajstić information content (AvgIpc) is 3.36. The largest absolute Gasteiger partial charge is 0.465 e. The third-order valence-corrected chi connectivity index (χ3v) is 6.81. The van der Waals surface area contributed by atoms with Gasteiger partial charge in [-0.1, -0.05) is 0 Å². The van der Waals surface area contributed by atoms with E-state index in [0.29, 0.717) is 24.5 Å². The van der Waals surface area contributed by atoms with Crippen molar-refractivity contribution in [3.63, 3.8) is 0 Å². The normalized spacial score (nSPS) is 13.2. The molecule has 3 aromatic heterocycles. The first kappa shape index (κ1) is 22.5. The van der Waals surface area contributed by atoms with Crippen molar-refractivity contribution in [2.75, 3.05) is 19.0 Å². The first-order valence-corrected chi connectivity index (χ1v) is 10.8. The third kappa shape index (κ3) is 3.73. The molecule has 13 heteroatoms. The van der Waals surface area contributed by atoms with Crippen LogP contribution >= 0.6 is 11.3 Å². The molecule has 1 aliphatic rings. The van der Waals surface area contributed by atoms with Gasteiger partial charge in [0.15, 0.2) is 11.2 Å². The number of fused-ring (bicyclic) bond motifs is 2. The Morgan fingerprint density at radius 2 is 1.94 bits per heavy atom. The van der Waals surface area contributed by atoms with Crippen LogP contribution in [0.2, 0.25) is 0 Å². The second-order valence-corrected chi connectivity index (χ2v) is 8.79. The maximum Gasteiger partial charge on any atom is 0.341 e. The molecule has 0 unspecified atom stereocenters. The van der Waals surface area contributed by atoms with Gasteiger partial charge in [0.25, 0.3) is 5.56 Å². The zero-order valence-electron chi connectivity index (χ0n) is 18.5. The molecule has 0 saturated heterocycles. The summed E-state index contributed by atoms with van der Waals surface area (Å²) in [6.07, 6.45) is 1.79. The first-order valence-electron chi connectivity index (χ1n) is 10.0. The van der Waals surface area contributed by atoms with Crippen LogP contribution < -0.4 is 16.6 Å². The van der Waals surface area contributed by atoms with Gasteiger partial charge in [-0.05, 0) is 12.0 Å². The monoisotopic (exact) mass is 474 g/mol. The lowest BCUT2D eigenvalue weighted by Gasteiger charge is -2.25. The number of anilines is 1. The number of methoxy groups -OCH3 is 1. The van der Waals surface area contributed by atoms with Crippen LogP contribution in [-0.2, 0) is 47.9 Å². The summed E-state index contributed by atoms with van der Waals surface area (Å²) in [4.78, 5) is 68.4. The van der Waals surface area contributed by atoms with Gasteiger partial charge < -0.3 is 19.5 Å². The Kier molecular flexibility index (Phi) is 5.66.